The molecule has 0 bridgehead atoms. The van der Waals surface area contributed by atoms with Gasteiger partial charge in [0.25, 0.3) is 0 Å². The number of hydrogen-bond acceptors (Lipinski definition) is 3. The Bertz CT molecular complexity index is 643. The van der Waals surface area contributed by atoms with Crippen LogP contribution in [0.4, 0.5) is 5.69 Å². The van der Waals surface area contributed by atoms with Gasteiger partial charge in [-0.15, -0.1) is 0 Å². The van der Waals surface area contributed by atoms with Crippen molar-refractivity contribution < 1.29 is 14.1 Å². The first kappa shape index (κ1) is 15.3. The fraction of sp³-hybridized carbons (Fsp3) is 0.188. The predicted molar refractivity (Wildman–Crippen MR) is 84.0 cm³/mol. The van der Waals surface area contributed by atoms with E-state index < -0.39 is 22.8 Å². The minimum Gasteiger partial charge on any atom is -0.480 e. The zero-order valence-electron chi connectivity index (χ0n) is 11.7. The van der Waals surface area contributed by atoms with Crippen molar-refractivity contribution in [2.45, 2.75) is 17.4 Å². The highest BCUT2D eigenvalue weighted by Crippen LogP contribution is 2.20. The van der Waals surface area contributed by atoms with Crippen LogP contribution in [0.1, 0.15) is 5.56 Å². The number of carboxylic acid groups (broad SMARTS) is 1. The van der Waals surface area contributed by atoms with Gasteiger partial charge in [-0.2, -0.15) is 0 Å². The fourth-order valence-corrected chi connectivity index (χ4v) is 2.78. The summed E-state index contributed by atoms with van der Waals surface area (Å²) in [5, 5.41) is 12.4. The van der Waals surface area contributed by atoms with Crippen molar-refractivity contribution >= 4 is 22.5 Å². The van der Waals surface area contributed by atoms with Crippen molar-refractivity contribution in [1.82, 2.24) is 0 Å². The Balaban J connectivity index is 2.21. The van der Waals surface area contributed by atoms with E-state index in [1.807, 2.05) is 30.3 Å². The highest BCUT2D eigenvalue weighted by molar-refractivity contribution is 7.84. The molecule has 5 heteroatoms. The van der Waals surface area contributed by atoms with Crippen molar-refractivity contribution in [3.63, 3.8) is 0 Å². The summed E-state index contributed by atoms with van der Waals surface area (Å²) in [4.78, 5) is 12.1. The van der Waals surface area contributed by atoms with E-state index >= 15 is 0 Å². The molecule has 0 heterocycles. The molecule has 110 valence electrons. The summed E-state index contributed by atoms with van der Waals surface area (Å²) in [7, 11) is -1.17. The molecule has 0 saturated carbocycles. The lowest BCUT2D eigenvalue weighted by Crippen LogP contribution is -2.31. The number of carboxylic acids is 1. The summed E-state index contributed by atoms with van der Waals surface area (Å²) < 4.78 is 11.7. The van der Waals surface area contributed by atoms with E-state index in [1.54, 1.807) is 30.5 Å². The molecule has 2 aromatic rings. The van der Waals surface area contributed by atoms with E-state index in [9.17, 15) is 14.1 Å². The van der Waals surface area contributed by atoms with E-state index in [4.69, 9.17) is 0 Å². The standard InChI is InChI=1S/C16H17NO3S/c1-21(20)15-10-6-5-9-13(15)17-14(16(18)19)11-12-7-3-2-4-8-12/h2-10,14,17H,11H2,1H3,(H,18,19)/t14-,21?/m0/s1. The summed E-state index contributed by atoms with van der Waals surface area (Å²) in [6, 6.07) is 15.7. The monoisotopic (exact) mass is 303 g/mol. The van der Waals surface area contributed by atoms with Gasteiger partial charge in [-0.25, -0.2) is 4.79 Å². The Morgan fingerprint density at radius 2 is 1.76 bits per heavy atom. The Morgan fingerprint density at radius 1 is 1.14 bits per heavy atom. The lowest BCUT2D eigenvalue weighted by atomic mass is 10.1. The van der Waals surface area contributed by atoms with Crippen molar-refractivity contribution in [2.24, 2.45) is 0 Å². The van der Waals surface area contributed by atoms with Crippen LogP contribution in [0.5, 0.6) is 0 Å². The Labute approximate surface area is 126 Å². The summed E-state index contributed by atoms with van der Waals surface area (Å²) in [5.41, 5.74) is 1.54. The predicted octanol–water partition coefficient (Wildman–Crippen LogP) is 2.53. The summed E-state index contributed by atoms with van der Waals surface area (Å²) in [6.45, 7) is 0. The molecule has 2 atom stereocenters. The second-order valence-electron chi connectivity index (χ2n) is 4.68. The fourth-order valence-electron chi connectivity index (χ4n) is 2.07. The molecule has 0 fully saturated rings. The first-order chi connectivity index (χ1) is 10.1. The largest absolute Gasteiger partial charge is 0.480 e. The smallest absolute Gasteiger partial charge is 0.326 e. The minimum atomic E-state index is -1.17. The summed E-state index contributed by atoms with van der Waals surface area (Å²) >= 11 is 0. The van der Waals surface area contributed by atoms with Crippen LogP contribution in [-0.4, -0.2) is 27.6 Å². The van der Waals surface area contributed by atoms with Crippen LogP contribution in [0.25, 0.3) is 0 Å². The number of aliphatic carboxylic acids is 1. The van der Waals surface area contributed by atoms with Gasteiger partial charge in [0.1, 0.15) is 6.04 Å². The quantitative estimate of drug-likeness (QED) is 0.860. The number of carbonyl (C=O) groups is 1. The van der Waals surface area contributed by atoms with E-state index in [2.05, 4.69) is 5.32 Å². The van der Waals surface area contributed by atoms with Gasteiger partial charge in [0.15, 0.2) is 0 Å². The molecular formula is C16H17NO3S. The van der Waals surface area contributed by atoms with Crippen molar-refractivity contribution in [3.05, 3.63) is 60.2 Å². The van der Waals surface area contributed by atoms with Crippen molar-refractivity contribution in [2.75, 3.05) is 11.6 Å². The second kappa shape index (κ2) is 7.04. The molecule has 2 N–H and O–H groups in total. The number of rotatable bonds is 6. The number of benzene rings is 2. The first-order valence-electron chi connectivity index (χ1n) is 6.53. The van der Waals surface area contributed by atoms with Gasteiger partial charge in [-0.1, -0.05) is 42.5 Å². The molecule has 0 aliphatic rings. The third-order valence-electron chi connectivity index (χ3n) is 3.11. The van der Waals surface area contributed by atoms with E-state index in [-0.39, 0.29) is 0 Å². The van der Waals surface area contributed by atoms with Gasteiger partial charge in [0, 0.05) is 12.7 Å². The molecule has 1 unspecified atom stereocenters. The second-order valence-corrected chi connectivity index (χ2v) is 6.02. The lowest BCUT2D eigenvalue weighted by molar-refractivity contribution is -0.137. The van der Waals surface area contributed by atoms with Crippen LogP contribution in [0.15, 0.2) is 59.5 Å². The maximum atomic E-state index is 11.7. The lowest BCUT2D eigenvalue weighted by Gasteiger charge is -2.17. The molecule has 0 amide bonds. The summed E-state index contributed by atoms with van der Waals surface area (Å²) in [5.74, 6) is -0.935. The van der Waals surface area contributed by atoms with Crippen LogP contribution >= 0.6 is 0 Å². The van der Waals surface area contributed by atoms with Gasteiger partial charge in [0.05, 0.1) is 21.4 Å². The normalized spacial score (nSPS) is 13.4. The number of anilines is 1. The molecule has 0 saturated heterocycles. The molecule has 0 aliphatic heterocycles. The van der Waals surface area contributed by atoms with Crippen LogP contribution in [0, 0.1) is 0 Å². The Hall–Kier alpha value is -2.14. The molecule has 0 spiro atoms. The van der Waals surface area contributed by atoms with E-state index in [1.165, 1.54) is 0 Å². The van der Waals surface area contributed by atoms with Gasteiger partial charge in [-0.3, -0.25) is 4.21 Å². The van der Waals surface area contributed by atoms with E-state index in [0.717, 1.165) is 5.56 Å². The minimum absolute atomic E-state index is 0.362. The third kappa shape index (κ3) is 4.16. The Kier molecular flexibility index (Phi) is 5.11. The topological polar surface area (TPSA) is 66.4 Å². The van der Waals surface area contributed by atoms with Crippen LogP contribution in [-0.2, 0) is 22.0 Å². The molecule has 21 heavy (non-hydrogen) atoms. The molecular weight excluding hydrogens is 286 g/mol. The zero-order valence-corrected chi connectivity index (χ0v) is 12.5. The van der Waals surface area contributed by atoms with Gasteiger partial charge in [0.2, 0.25) is 0 Å². The molecule has 0 aromatic heterocycles. The molecule has 4 nitrogen and oxygen atoms in total. The average Bonchev–Trinajstić information content (AvgIpc) is 2.48. The first-order valence-corrected chi connectivity index (χ1v) is 8.09. The number of hydrogen-bond donors (Lipinski definition) is 2. The van der Waals surface area contributed by atoms with Crippen LogP contribution < -0.4 is 5.32 Å². The van der Waals surface area contributed by atoms with Crippen LogP contribution in [0.3, 0.4) is 0 Å². The van der Waals surface area contributed by atoms with Gasteiger partial charge >= 0.3 is 5.97 Å². The number of para-hydroxylation sites is 1. The SMILES string of the molecule is CS(=O)c1ccccc1N[C@@H](Cc1ccccc1)C(=O)O. The maximum Gasteiger partial charge on any atom is 0.326 e. The van der Waals surface area contributed by atoms with Gasteiger partial charge < -0.3 is 10.4 Å². The number of nitrogens with one attached hydrogen (secondary N) is 1. The Morgan fingerprint density at radius 3 is 2.38 bits per heavy atom. The van der Waals surface area contributed by atoms with E-state index in [0.29, 0.717) is 17.0 Å². The highest BCUT2D eigenvalue weighted by Gasteiger charge is 2.19. The zero-order chi connectivity index (χ0) is 15.2. The molecule has 2 rings (SSSR count). The van der Waals surface area contributed by atoms with Gasteiger partial charge in [-0.05, 0) is 17.7 Å². The molecule has 2 aromatic carbocycles. The maximum absolute atomic E-state index is 11.7. The van der Waals surface area contributed by atoms with Crippen LogP contribution in [0.2, 0.25) is 0 Å². The van der Waals surface area contributed by atoms with Crippen molar-refractivity contribution in [1.29, 1.82) is 0 Å². The highest BCUT2D eigenvalue weighted by atomic mass is 32.2. The van der Waals surface area contributed by atoms with Crippen molar-refractivity contribution in [3.8, 4) is 0 Å². The molecule has 0 aliphatic carbocycles. The summed E-state index contributed by atoms with van der Waals surface area (Å²) in [6.07, 6.45) is 1.94. The molecule has 0 radical (unpaired) electrons. The third-order valence-corrected chi connectivity index (χ3v) is 4.08. The average molecular weight is 303 g/mol.